The summed E-state index contributed by atoms with van der Waals surface area (Å²) >= 11 is 6.14. The van der Waals surface area contributed by atoms with E-state index in [4.69, 9.17) is 21.4 Å². The molecule has 0 saturated carbocycles. The molecule has 2 aromatic rings. The number of aromatic nitrogens is 3. The summed E-state index contributed by atoms with van der Waals surface area (Å²) in [5, 5.41) is 13.7. The number of carboxylic acid groups (broad SMARTS) is 1. The molecular formula is C8H5ClN3O3Tl. The summed E-state index contributed by atoms with van der Waals surface area (Å²) < 4.78 is 6.69. The fourth-order valence-corrected chi connectivity index (χ4v) is 2.78. The Morgan fingerprint density at radius 2 is 2.38 bits per heavy atom. The first-order chi connectivity index (χ1) is 7.54. The Morgan fingerprint density at radius 3 is 2.94 bits per heavy atom. The normalized spacial score (nSPS) is 10.6. The molecule has 0 aromatic carbocycles. The quantitative estimate of drug-likeness (QED) is 0.561. The van der Waals surface area contributed by atoms with E-state index in [1.807, 2.05) is 0 Å². The number of methoxy groups -OCH3 is 1. The van der Waals surface area contributed by atoms with Crippen molar-refractivity contribution in [1.29, 1.82) is 0 Å². The monoisotopic (exact) mass is 431 g/mol. The van der Waals surface area contributed by atoms with E-state index in [0.29, 0.717) is 37.0 Å². The summed E-state index contributed by atoms with van der Waals surface area (Å²) in [7, 11) is 1.44. The number of halogens is 1. The van der Waals surface area contributed by atoms with Crippen LogP contribution in [0.3, 0.4) is 0 Å². The zero-order chi connectivity index (χ0) is 11.9. The van der Waals surface area contributed by atoms with Crippen molar-refractivity contribution in [3.63, 3.8) is 0 Å². The van der Waals surface area contributed by atoms with Crippen LogP contribution < -0.4 is 4.74 Å². The molecule has 0 radical (unpaired) electrons. The Morgan fingerprint density at radius 1 is 1.69 bits per heavy atom. The van der Waals surface area contributed by atoms with Crippen molar-refractivity contribution in [3.8, 4) is 5.88 Å². The zero-order valence-electron chi connectivity index (χ0n) is 8.14. The maximum atomic E-state index is 11.0. The number of carbonyl (C=O) groups is 1. The van der Waals surface area contributed by atoms with Gasteiger partial charge in [0.15, 0.2) is 0 Å². The van der Waals surface area contributed by atoms with Gasteiger partial charge in [-0.25, -0.2) is 0 Å². The minimum absolute atomic E-state index is 0.133. The van der Waals surface area contributed by atoms with E-state index in [1.54, 1.807) is 8.56 Å². The van der Waals surface area contributed by atoms with Crippen LogP contribution in [0.5, 0.6) is 5.88 Å². The van der Waals surface area contributed by atoms with Crippen LogP contribution in [0.1, 0.15) is 10.5 Å². The van der Waals surface area contributed by atoms with Crippen LogP contribution in [0.15, 0.2) is 6.07 Å². The number of hydrogen-bond acceptors (Lipinski definition) is 4. The second-order valence-corrected chi connectivity index (χ2v) is 5.24. The summed E-state index contributed by atoms with van der Waals surface area (Å²) in [6, 6.07) is 1.58. The maximum absolute atomic E-state index is 11.0. The molecule has 0 aliphatic carbocycles. The van der Waals surface area contributed by atoms with Crippen LogP contribution in [0.4, 0.5) is 0 Å². The van der Waals surface area contributed by atoms with Crippen LogP contribution in [0, 0.1) is 0 Å². The number of carboxylic acids is 1. The van der Waals surface area contributed by atoms with Gasteiger partial charge in [0.1, 0.15) is 0 Å². The molecule has 1 N–H and O–H groups in total. The van der Waals surface area contributed by atoms with Gasteiger partial charge in [0.2, 0.25) is 0 Å². The van der Waals surface area contributed by atoms with Gasteiger partial charge in [0.25, 0.3) is 0 Å². The number of nitrogens with zero attached hydrogens (tertiary/aromatic N) is 3. The van der Waals surface area contributed by atoms with Crippen molar-refractivity contribution in [2.24, 2.45) is 0 Å². The van der Waals surface area contributed by atoms with Gasteiger partial charge in [-0.3, -0.25) is 0 Å². The van der Waals surface area contributed by atoms with Crippen LogP contribution >= 0.6 is 11.6 Å². The molecule has 0 unspecified atom stereocenters. The van der Waals surface area contributed by atoms with Gasteiger partial charge >= 0.3 is 112 Å². The van der Waals surface area contributed by atoms with Gasteiger partial charge in [-0.1, -0.05) is 0 Å². The molecule has 6 nitrogen and oxygen atoms in total. The average molecular weight is 431 g/mol. The Labute approximate surface area is 111 Å². The average Bonchev–Trinajstić information content (AvgIpc) is 2.54. The molecule has 80 valence electrons. The molecular weight excluding hydrogens is 426 g/mol. The molecule has 8 heteroatoms. The molecule has 16 heavy (non-hydrogen) atoms. The van der Waals surface area contributed by atoms with E-state index in [2.05, 4.69) is 10.1 Å². The Hall–Kier alpha value is -0.898. The predicted molar refractivity (Wildman–Crippen MR) is 57.2 cm³/mol. The number of pyridine rings is 1. The second-order valence-electron chi connectivity index (χ2n) is 2.95. The van der Waals surface area contributed by atoms with E-state index in [1.165, 1.54) is 7.11 Å². The summed E-state index contributed by atoms with van der Waals surface area (Å²) in [4.78, 5) is 14.8. The summed E-state index contributed by atoms with van der Waals surface area (Å²) in [6.07, 6.45) is 0. The van der Waals surface area contributed by atoms with Crippen LogP contribution in [0.25, 0.3) is 10.9 Å². The molecule has 0 saturated heterocycles. The van der Waals surface area contributed by atoms with Crippen molar-refractivity contribution >= 4 is 54.5 Å². The number of aromatic carboxylic acids is 1. The number of rotatable bonds is 2. The van der Waals surface area contributed by atoms with Crippen molar-refractivity contribution in [2.45, 2.75) is 0 Å². The first-order valence-corrected chi connectivity index (χ1v) is 6.54. The van der Waals surface area contributed by atoms with Gasteiger partial charge in [-0.15, -0.1) is 0 Å². The van der Waals surface area contributed by atoms with E-state index < -0.39 is 5.97 Å². The fourth-order valence-electron chi connectivity index (χ4n) is 1.39. The molecule has 0 bridgehead atoms. The van der Waals surface area contributed by atoms with E-state index in [-0.39, 0.29) is 16.7 Å². The predicted octanol–water partition coefficient (Wildman–Crippen LogP) is 0.723. The zero-order valence-corrected chi connectivity index (χ0v) is 13.4. The van der Waals surface area contributed by atoms with E-state index in [0.717, 1.165) is 0 Å². The summed E-state index contributed by atoms with van der Waals surface area (Å²) in [6.45, 7) is 0. The van der Waals surface area contributed by atoms with Crippen molar-refractivity contribution in [3.05, 3.63) is 16.9 Å². The van der Waals surface area contributed by atoms with Gasteiger partial charge in [0.05, 0.1) is 0 Å². The van der Waals surface area contributed by atoms with E-state index in [9.17, 15) is 4.79 Å². The number of fused-ring (bicyclic) bond motifs is 1. The van der Waals surface area contributed by atoms with Crippen molar-refractivity contribution in [1.82, 2.24) is 12.6 Å². The van der Waals surface area contributed by atoms with Gasteiger partial charge < -0.3 is 0 Å². The van der Waals surface area contributed by atoms with E-state index >= 15 is 0 Å². The van der Waals surface area contributed by atoms with Gasteiger partial charge in [-0.05, 0) is 0 Å². The molecule has 0 spiro atoms. The standard InChI is InChI=1S/C8H6ClN3O3.Tl/c1-15-7-5-3(11-12-7)2-4(9)10-6(5)8(13)14;/h2H,1H3,(H2,10,11,12,13,14);/q;+1/p-1. The van der Waals surface area contributed by atoms with Crippen LogP contribution in [0.2, 0.25) is 5.15 Å². The SMILES string of the molecule is COc1n[n]([Tl])c2cc(Cl)nc(C(=O)O)c12. The van der Waals surface area contributed by atoms with Crippen molar-refractivity contribution in [2.75, 3.05) is 7.11 Å². The minimum atomic E-state index is -1.15. The molecule has 0 aliphatic heterocycles. The fraction of sp³-hybridized carbons (Fsp3) is 0.125. The van der Waals surface area contributed by atoms with Crippen LogP contribution in [-0.2, 0) is 0 Å². The summed E-state index contributed by atoms with van der Waals surface area (Å²) in [5.41, 5.74) is 0.505. The third-order valence-corrected chi connectivity index (χ3v) is 3.75. The van der Waals surface area contributed by atoms with Gasteiger partial charge in [0, 0.05) is 0 Å². The first-order valence-electron chi connectivity index (χ1n) is 4.16. The third kappa shape index (κ3) is 1.75. The van der Waals surface area contributed by atoms with Gasteiger partial charge in [-0.2, -0.15) is 0 Å². The number of ether oxygens (including phenoxy) is 1. The van der Waals surface area contributed by atoms with Crippen molar-refractivity contribution < 1.29 is 14.6 Å². The molecule has 0 fully saturated rings. The summed E-state index contributed by atoms with van der Waals surface area (Å²) in [5.74, 6) is -0.886. The Bertz CT molecular complexity index is 583. The molecule has 2 rings (SSSR count). The second kappa shape index (κ2) is 4.17. The number of hydrogen-bond donors (Lipinski definition) is 1. The Balaban J connectivity index is 2.92. The Kier molecular flexibility index (Phi) is 3.02. The molecule has 0 amide bonds. The topological polar surface area (TPSA) is 77.2 Å². The molecule has 0 aliphatic rings. The third-order valence-electron chi connectivity index (χ3n) is 2.02. The van der Waals surface area contributed by atoms with Crippen LogP contribution in [-0.4, -0.2) is 56.8 Å². The first kappa shape index (κ1) is 11.6. The molecule has 0 atom stereocenters. The molecule has 2 aromatic heterocycles. The molecule has 2 heterocycles.